The van der Waals surface area contributed by atoms with E-state index in [1.54, 1.807) is 7.11 Å². The minimum Gasteiger partial charge on any atom is -0.367 e. The van der Waals surface area contributed by atoms with E-state index in [9.17, 15) is 0 Å². The highest BCUT2D eigenvalue weighted by molar-refractivity contribution is 4.49. The number of hydrogen-bond acceptors (Lipinski definition) is 2. The smallest absolute Gasteiger partial charge is 0.105 e. The van der Waals surface area contributed by atoms with Crippen LogP contribution in [0.4, 0.5) is 0 Å². The number of nitrogens with two attached hydrogens (primary N) is 1. The maximum absolute atomic E-state index is 5.52. The zero-order chi connectivity index (χ0) is 7.82. The molecule has 0 aliphatic rings. The van der Waals surface area contributed by atoms with Gasteiger partial charge in [-0.1, -0.05) is 26.2 Å². The van der Waals surface area contributed by atoms with Gasteiger partial charge in [-0.15, -0.1) is 0 Å². The summed E-state index contributed by atoms with van der Waals surface area (Å²) in [5.74, 6) is 0. The van der Waals surface area contributed by atoms with Gasteiger partial charge in [-0.2, -0.15) is 0 Å². The molecule has 10 heavy (non-hydrogen) atoms. The average Bonchev–Trinajstić information content (AvgIpc) is 1.98. The number of rotatable bonds is 6. The Kier molecular flexibility index (Phi) is 6.98. The minimum absolute atomic E-state index is 0.0650. The summed E-state index contributed by atoms with van der Waals surface area (Å²) in [5, 5.41) is 0. The van der Waals surface area contributed by atoms with Crippen molar-refractivity contribution in [1.82, 2.24) is 0 Å². The second-order valence-corrected chi connectivity index (χ2v) is 2.48. The molecule has 0 aliphatic heterocycles. The monoisotopic (exact) mass is 144 g/mol. The van der Waals surface area contributed by atoms with Crippen molar-refractivity contribution >= 4 is 0 Å². The molecule has 2 N–H and O–H groups in total. The molecule has 0 saturated heterocycles. The molecule has 61 valence electrons. The third-order valence-electron chi connectivity index (χ3n) is 1.54. The van der Waals surface area contributed by atoms with Crippen LogP contribution in [0, 0.1) is 6.92 Å². The summed E-state index contributed by atoms with van der Waals surface area (Å²) in [4.78, 5) is 0. The van der Waals surface area contributed by atoms with E-state index in [-0.39, 0.29) is 6.23 Å². The highest BCUT2D eigenvalue weighted by Crippen LogP contribution is 2.03. The van der Waals surface area contributed by atoms with Gasteiger partial charge < -0.3 is 10.5 Å². The second-order valence-electron chi connectivity index (χ2n) is 2.48. The Hall–Kier alpha value is -0.0800. The van der Waals surface area contributed by atoms with E-state index in [4.69, 9.17) is 10.5 Å². The van der Waals surface area contributed by atoms with Crippen molar-refractivity contribution in [3.63, 3.8) is 0 Å². The van der Waals surface area contributed by atoms with E-state index in [0.717, 1.165) is 19.3 Å². The lowest BCUT2D eigenvalue weighted by atomic mass is 10.1. The summed E-state index contributed by atoms with van der Waals surface area (Å²) >= 11 is 0. The van der Waals surface area contributed by atoms with Crippen molar-refractivity contribution in [3.05, 3.63) is 6.92 Å². The summed E-state index contributed by atoms with van der Waals surface area (Å²) in [6.45, 7) is 3.76. The predicted octanol–water partition coefficient (Wildman–Crippen LogP) is 1.70. The Bertz CT molecular complexity index is 66.3. The van der Waals surface area contributed by atoms with Crippen LogP contribution in [-0.2, 0) is 4.74 Å². The maximum Gasteiger partial charge on any atom is 0.105 e. The second kappa shape index (κ2) is 7.03. The van der Waals surface area contributed by atoms with Crippen LogP contribution in [0.15, 0.2) is 0 Å². The van der Waals surface area contributed by atoms with Crippen LogP contribution < -0.4 is 5.73 Å². The summed E-state index contributed by atoms with van der Waals surface area (Å²) in [7, 11) is 1.64. The molecule has 0 rings (SSSR count). The molecule has 0 aromatic carbocycles. The highest BCUT2D eigenvalue weighted by atomic mass is 16.5. The van der Waals surface area contributed by atoms with Crippen LogP contribution in [-0.4, -0.2) is 13.3 Å². The van der Waals surface area contributed by atoms with Crippen molar-refractivity contribution in [3.8, 4) is 0 Å². The molecule has 2 heteroatoms. The van der Waals surface area contributed by atoms with E-state index >= 15 is 0 Å². The summed E-state index contributed by atoms with van der Waals surface area (Å²) < 4.78 is 4.89. The third kappa shape index (κ3) is 6.05. The predicted molar refractivity (Wildman–Crippen MR) is 43.4 cm³/mol. The van der Waals surface area contributed by atoms with Crippen LogP contribution >= 0.6 is 0 Å². The first kappa shape index (κ1) is 9.92. The van der Waals surface area contributed by atoms with Crippen molar-refractivity contribution < 1.29 is 4.74 Å². The highest BCUT2D eigenvalue weighted by Gasteiger charge is 1.97. The van der Waals surface area contributed by atoms with Gasteiger partial charge in [0, 0.05) is 7.11 Å². The molecular formula is C8H18NO. The summed E-state index contributed by atoms with van der Waals surface area (Å²) in [6, 6.07) is 0. The number of methoxy groups -OCH3 is 1. The van der Waals surface area contributed by atoms with Crippen LogP contribution in [0.5, 0.6) is 0 Å². The fourth-order valence-corrected chi connectivity index (χ4v) is 0.817. The van der Waals surface area contributed by atoms with Crippen molar-refractivity contribution in [1.29, 1.82) is 0 Å². The molecule has 0 aromatic heterocycles. The molecule has 0 fully saturated rings. The molecule has 0 bridgehead atoms. The lowest BCUT2D eigenvalue weighted by Gasteiger charge is -2.07. The quantitative estimate of drug-likeness (QED) is 0.455. The van der Waals surface area contributed by atoms with E-state index in [1.165, 1.54) is 12.8 Å². The Morgan fingerprint density at radius 3 is 2.60 bits per heavy atom. The maximum atomic E-state index is 5.52. The van der Waals surface area contributed by atoms with Gasteiger partial charge in [-0.05, 0) is 12.8 Å². The topological polar surface area (TPSA) is 35.2 Å². The van der Waals surface area contributed by atoms with Gasteiger partial charge in [0.05, 0.1) is 0 Å². The van der Waals surface area contributed by atoms with Crippen molar-refractivity contribution in [2.75, 3.05) is 7.11 Å². The first-order valence-electron chi connectivity index (χ1n) is 3.89. The zero-order valence-electron chi connectivity index (χ0n) is 6.81. The number of ether oxygens (including phenoxy) is 1. The number of hydrogen-bond donors (Lipinski definition) is 1. The average molecular weight is 144 g/mol. The molecule has 0 aliphatic carbocycles. The molecule has 1 atom stereocenters. The molecular weight excluding hydrogens is 126 g/mol. The Morgan fingerprint density at radius 2 is 2.10 bits per heavy atom. The van der Waals surface area contributed by atoms with Gasteiger partial charge in [0.1, 0.15) is 6.23 Å². The Balaban J connectivity index is 2.89. The first-order chi connectivity index (χ1) is 4.81. The van der Waals surface area contributed by atoms with E-state index in [0.29, 0.717) is 0 Å². The molecule has 0 saturated carbocycles. The molecule has 0 spiro atoms. The minimum atomic E-state index is -0.0650. The molecule has 0 aromatic rings. The van der Waals surface area contributed by atoms with E-state index in [1.807, 2.05) is 0 Å². The lowest BCUT2D eigenvalue weighted by molar-refractivity contribution is 0.0984. The van der Waals surface area contributed by atoms with Crippen LogP contribution in [0.1, 0.15) is 32.1 Å². The molecule has 0 amide bonds. The largest absolute Gasteiger partial charge is 0.367 e. The molecule has 1 unspecified atom stereocenters. The zero-order valence-corrected chi connectivity index (χ0v) is 6.81. The number of unbranched alkanes of at least 4 members (excludes halogenated alkanes) is 3. The standard InChI is InChI=1S/C8H18NO/c1-3-4-5-6-7-8(9)10-2/h8H,1,3-7,9H2,2H3. The Labute approximate surface area is 63.7 Å². The Morgan fingerprint density at radius 1 is 1.40 bits per heavy atom. The summed E-state index contributed by atoms with van der Waals surface area (Å²) in [5.41, 5.74) is 5.52. The van der Waals surface area contributed by atoms with E-state index < -0.39 is 0 Å². The van der Waals surface area contributed by atoms with Crippen molar-refractivity contribution in [2.45, 2.75) is 38.3 Å². The normalized spacial score (nSPS) is 13.5. The van der Waals surface area contributed by atoms with Gasteiger partial charge >= 0.3 is 0 Å². The van der Waals surface area contributed by atoms with E-state index in [2.05, 4.69) is 6.92 Å². The lowest BCUT2D eigenvalue weighted by Crippen LogP contribution is -2.21. The van der Waals surface area contributed by atoms with Gasteiger partial charge in [0.15, 0.2) is 0 Å². The van der Waals surface area contributed by atoms with Crippen molar-refractivity contribution in [2.24, 2.45) is 5.73 Å². The van der Waals surface area contributed by atoms with Crippen LogP contribution in [0.25, 0.3) is 0 Å². The molecule has 0 heterocycles. The first-order valence-corrected chi connectivity index (χ1v) is 3.89. The van der Waals surface area contributed by atoms with Gasteiger partial charge in [0.25, 0.3) is 0 Å². The molecule has 2 nitrogen and oxygen atoms in total. The fraction of sp³-hybridized carbons (Fsp3) is 0.875. The fourth-order valence-electron chi connectivity index (χ4n) is 0.817. The van der Waals surface area contributed by atoms with Gasteiger partial charge in [0.2, 0.25) is 0 Å². The van der Waals surface area contributed by atoms with Gasteiger partial charge in [-0.25, -0.2) is 0 Å². The van der Waals surface area contributed by atoms with Crippen LogP contribution in [0.3, 0.4) is 0 Å². The molecule has 1 radical (unpaired) electrons. The van der Waals surface area contributed by atoms with Gasteiger partial charge in [-0.3, -0.25) is 0 Å². The van der Waals surface area contributed by atoms with Crippen LogP contribution in [0.2, 0.25) is 0 Å². The SMILES string of the molecule is [CH2]CCCCCC(N)OC. The summed E-state index contributed by atoms with van der Waals surface area (Å²) in [6.07, 6.45) is 5.52. The third-order valence-corrected chi connectivity index (χ3v) is 1.54.